The Morgan fingerprint density at radius 3 is 1.59 bits per heavy atom. The van der Waals surface area contributed by atoms with Crippen LogP contribution in [0.25, 0.3) is 0 Å². The molecule has 3 rings (SSSR count). The molecule has 3 aromatic rings. The number of hydrogen-bond acceptors (Lipinski definition) is 2. The summed E-state index contributed by atoms with van der Waals surface area (Å²) in [4.78, 5) is 8.42. The highest BCUT2D eigenvalue weighted by Crippen LogP contribution is 2.32. The van der Waals surface area contributed by atoms with Crippen molar-refractivity contribution in [3.63, 3.8) is 0 Å². The molecule has 2 atom stereocenters. The van der Waals surface area contributed by atoms with Crippen LogP contribution in [0, 0.1) is 0 Å². The number of aromatic nitrogens is 4. The molecule has 0 spiro atoms. The van der Waals surface area contributed by atoms with Gasteiger partial charge in [0.2, 0.25) is 0 Å². The van der Waals surface area contributed by atoms with Crippen molar-refractivity contribution in [3.8, 4) is 0 Å². The van der Waals surface area contributed by atoms with Gasteiger partial charge in [-0.25, -0.2) is 9.97 Å². The predicted molar refractivity (Wildman–Crippen MR) is 87.8 cm³/mol. The molecule has 4 nitrogen and oxygen atoms in total. The SMILES string of the molecule is CC[C@H](c1ccccc1[C@@H](CC)n1ccnc1)n1ccnc1. The zero-order valence-corrected chi connectivity index (χ0v) is 13.1. The van der Waals surface area contributed by atoms with Gasteiger partial charge in [-0.1, -0.05) is 38.1 Å². The van der Waals surface area contributed by atoms with Gasteiger partial charge in [0.25, 0.3) is 0 Å². The third-order valence-electron chi connectivity index (χ3n) is 4.26. The van der Waals surface area contributed by atoms with E-state index >= 15 is 0 Å². The highest BCUT2D eigenvalue weighted by molar-refractivity contribution is 5.34. The zero-order valence-electron chi connectivity index (χ0n) is 13.1. The van der Waals surface area contributed by atoms with Gasteiger partial charge in [-0.15, -0.1) is 0 Å². The number of imidazole rings is 2. The summed E-state index contributed by atoms with van der Waals surface area (Å²) in [6.45, 7) is 4.44. The van der Waals surface area contributed by atoms with Crippen molar-refractivity contribution >= 4 is 0 Å². The fraction of sp³-hybridized carbons (Fsp3) is 0.333. The lowest BCUT2D eigenvalue weighted by molar-refractivity contribution is 0.523. The fourth-order valence-corrected chi connectivity index (χ4v) is 3.21. The third-order valence-corrected chi connectivity index (χ3v) is 4.26. The molecule has 0 fully saturated rings. The van der Waals surface area contributed by atoms with Crippen molar-refractivity contribution in [2.24, 2.45) is 0 Å². The van der Waals surface area contributed by atoms with E-state index in [1.165, 1.54) is 11.1 Å². The Balaban J connectivity index is 2.06. The van der Waals surface area contributed by atoms with E-state index in [1.807, 2.05) is 37.4 Å². The van der Waals surface area contributed by atoms with Crippen LogP contribution in [0.2, 0.25) is 0 Å². The van der Waals surface area contributed by atoms with E-state index in [1.54, 1.807) is 0 Å². The predicted octanol–water partition coefficient (Wildman–Crippen LogP) is 4.08. The second-order valence-electron chi connectivity index (χ2n) is 5.50. The average Bonchev–Trinajstić information content (AvgIpc) is 3.24. The van der Waals surface area contributed by atoms with Gasteiger partial charge in [0.15, 0.2) is 0 Å². The Bertz CT molecular complexity index is 624. The summed E-state index contributed by atoms with van der Waals surface area (Å²) in [6.07, 6.45) is 13.7. The topological polar surface area (TPSA) is 35.6 Å². The van der Waals surface area contributed by atoms with E-state index in [9.17, 15) is 0 Å². The van der Waals surface area contributed by atoms with Gasteiger partial charge < -0.3 is 9.13 Å². The lowest BCUT2D eigenvalue weighted by atomic mass is 9.92. The minimum absolute atomic E-state index is 0.316. The molecule has 0 saturated heterocycles. The van der Waals surface area contributed by atoms with Crippen LogP contribution in [0.1, 0.15) is 49.9 Å². The Morgan fingerprint density at radius 2 is 1.27 bits per heavy atom. The van der Waals surface area contributed by atoms with Gasteiger partial charge in [-0.2, -0.15) is 0 Å². The van der Waals surface area contributed by atoms with E-state index in [0.29, 0.717) is 12.1 Å². The summed E-state index contributed by atoms with van der Waals surface area (Å²) in [6, 6.07) is 9.36. The van der Waals surface area contributed by atoms with E-state index in [2.05, 4.69) is 57.2 Å². The molecule has 0 amide bonds. The van der Waals surface area contributed by atoms with Crippen molar-refractivity contribution in [2.75, 3.05) is 0 Å². The molecule has 0 aliphatic carbocycles. The lowest BCUT2D eigenvalue weighted by Gasteiger charge is -2.25. The molecule has 4 heteroatoms. The van der Waals surface area contributed by atoms with Crippen LogP contribution in [0.15, 0.2) is 61.7 Å². The molecule has 0 N–H and O–H groups in total. The summed E-state index contributed by atoms with van der Waals surface area (Å²) in [5.41, 5.74) is 2.73. The molecule has 0 saturated carbocycles. The maximum absolute atomic E-state index is 4.21. The number of rotatable bonds is 6. The van der Waals surface area contributed by atoms with Crippen LogP contribution in [0.5, 0.6) is 0 Å². The molecule has 114 valence electrons. The lowest BCUT2D eigenvalue weighted by Crippen LogP contribution is -2.15. The largest absolute Gasteiger partial charge is 0.330 e. The van der Waals surface area contributed by atoms with Gasteiger partial charge in [0.05, 0.1) is 24.7 Å². The van der Waals surface area contributed by atoms with Crippen LogP contribution in [-0.4, -0.2) is 19.1 Å². The van der Waals surface area contributed by atoms with E-state index in [0.717, 1.165) is 12.8 Å². The minimum atomic E-state index is 0.316. The van der Waals surface area contributed by atoms with Gasteiger partial charge in [0, 0.05) is 24.8 Å². The molecular weight excluding hydrogens is 272 g/mol. The van der Waals surface area contributed by atoms with Gasteiger partial charge in [-0.3, -0.25) is 0 Å². The van der Waals surface area contributed by atoms with E-state index in [4.69, 9.17) is 0 Å². The molecule has 22 heavy (non-hydrogen) atoms. The average molecular weight is 294 g/mol. The van der Waals surface area contributed by atoms with Crippen molar-refractivity contribution in [3.05, 3.63) is 72.8 Å². The molecule has 0 unspecified atom stereocenters. The summed E-state index contributed by atoms with van der Waals surface area (Å²) in [7, 11) is 0. The standard InChI is InChI=1S/C18H22N4/c1-3-17(21-11-9-19-13-21)15-7-5-6-8-16(15)18(4-2)22-12-10-20-14-22/h5-14,17-18H,3-4H2,1-2H3/t17-,18-/m1/s1. The minimum Gasteiger partial charge on any atom is -0.330 e. The zero-order chi connectivity index (χ0) is 15.4. The molecular formula is C18H22N4. The monoisotopic (exact) mass is 294 g/mol. The van der Waals surface area contributed by atoms with Crippen LogP contribution in [0.4, 0.5) is 0 Å². The second-order valence-corrected chi connectivity index (χ2v) is 5.50. The first kappa shape index (κ1) is 14.6. The summed E-state index contributed by atoms with van der Waals surface area (Å²) < 4.78 is 4.39. The Hall–Kier alpha value is -2.36. The van der Waals surface area contributed by atoms with E-state index in [-0.39, 0.29) is 0 Å². The van der Waals surface area contributed by atoms with Crippen LogP contribution in [-0.2, 0) is 0 Å². The maximum Gasteiger partial charge on any atom is 0.0951 e. The Labute approximate surface area is 131 Å². The second kappa shape index (κ2) is 6.60. The molecule has 0 aliphatic rings. The van der Waals surface area contributed by atoms with Crippen LogP contribution in [0.3, 0.4) is 0 Å². The van der Waals surface area contributed by atoms with Gasteiger partial charge >= 0.3 is 0 Å². The molecule has 2 aromatic heterocycles. The Kier molecular flexibility index (Phi) is 4.37. The normalized spacial score (nSPS) is 13.9. The summed E-state index contributed by atoms with van der Waals surface area (Å²) >= 11 is 0. The highest BCUT2D eigenvalue weighted by Gasteiger charge is 2.20. The molecule has 1 aromatic carbocycles. The summed E-state index contributed by atoms with van der Waals surface area (Å²) in [5, 5.41) is 0. The molecule has 0 bridgehead atoms. The first-order chi connectivity index (χ1) is 10.8. The van der Waals surface area contributed by atoms with Crippen LogP contribution < -0.4 is 0 Å². The Morgan fingerprint density at radius 1 is 0.818 bits per heavy atom. The molecule has 0 radical (unpaired) electrons. The molecule has 0 aliphatic heterocycles. The van der Waals surface area contributed by atoms with E-state index < -0.39 is 0 Å². The van der Waals surface area contributed by atoms with Crippen molar-refractivity contribution in [1.29, 1.82) is 0 Å². The fourth-order valence-electron chi connectivity index (χ4n) is 3.21. The quantitative estimate of drug-likeness (QED) is 0.686. The first-order valence-electron chi connectivity index (χ1n) is 7.88. The van der Waals surface area contributed by atoms with Crippen molar-refractivity contribution < 1.29 is 0 Å². The molecule has 2 heterocycles. The third kappa shape index (κ3) is 2.69. The van der Waals surface area contributed by atoms with Crippen molar-refractivity contribution in [1.82, 2.24) is 19.1 Å². The first-order valence-corrected chi connectivity index (χ1v) is 7.88. The van der Waals surface area contributed by atoms with Crippen molar-refractivity contribution in [2.45, 2.75) is 38.8 Å². The van der Waals surface area contributed by atoms with Gasteiger partial charge in [-0.05, 0) is 24.0 Å². The summed E-state index contributed by atoms with van der Waals surface area (Å²) in [5.74, 6) is 0. The number of benzene rings is 1. The van der Waals surface area contributed by atoms with Gasteiger partial charge in [0.1, 0.15) is 0 Å². The number of hydrogen-bond donors (Lipinski definition) is 0. The maximum atomic E-state index is 4.21. The number of nitrogens with zero attached hydrogens (tertiary/aromatic N) is 4. The highest BCUT2D eigenvalue weighted by atomic mass is 15.1. The smallest absolute Gasteiger partial charge is 0.0951 e. The van der Waals surface area contributed by atoms with Crippen LogP contribution >= 0.6 is 0 Å².